The van der Waals surface area contributed by atoms with Crippen molar-refractivity contribution >= 4 is 0 Å². The van der Waals surface area contributed by atoms with Crippen LogP contribution in [0.5, 0.6) is 0 Å². The maximum atomic E-state index is 5.54. The first-order valence-corrected chi connectivity index (χ1v) is 7.47. The van der Waals surface area contributed by atoms with Gasteiger partial charge in [0, 0.05) is 13.0 Å². The predicted molar refractivity (Wildman–Crippen MR) is 75.5 cm³/mol. The molecular formula is C16H19N3O. The zero-order valence-electron chi connectivity index (χ0n) is 11.5. The summed E-state index contributed by atoms with van der Waals surface area (Å²) < 4.78 is 5.54. The van der Waals surface area contributed by atoms with Gasteiger partial charge in [0.15, 0.2) is 5.82 Å². The molecule has 0 saturated carbocycles. The van der Waals surface area contributed by atoms with E-state index in [9.17, 15) is 0 Å². The molecule has 3 aliphatic rings. The Hall–Kier alpha value is -1.68. The number of hydrogen-bond donors (Lipinski definition) is 0. The fourth-order valence-corrected chi connectivity index (χ4v) is 3.51. The van der Waals surface area contributed by atoms with E-state index in [0.29, 0.717) is 5.92 Å². The second kappa shape index (κ2) is 5.02. The van der Waals surface area contributed by atoms with Gasteiger partial charge >= 0.3 is 0 Å². The first-order valence-electron chi connectivity index (χ1n) is 7.47. The van der Waals surface area contributed by atoms with Gasteiger partial charge in [-0.05, 0) is 37.4 Å². The van der Waals surface area contributed by atoms with Crippen LogP contribution >= 0.6 is 0 Å². The molecule has 0 amide bonds. The number of fused-ring (bicyclic) bond motifs is 3. The van der Waals surface area contributed by atoms with Crippen LogP contribution in [0.25, 0.3) is 0 Å². The van der Waals surface area contributed by atoms with Gasteiger partial charge in [-0.25, -0.2) is 0 Å². The molecule has 1 unspecified atom stereocenters. The molecule has 4 heteroatoms. The third-order valence-electron chi connectivity index (χ3n) is 4.66. The smallest absolute Gasteiger partial charge is 0.231 e. The Balaban J connectivity index is 1.51. The van der Waals surface area contributed by atoms with Crippen LogP contribution in [0.15, 0.2) is 34.9 Å². The van der Waals surface area contributed by atoms with Crippen LogP contribution in [-0.2, 0) is 6.42 Å². The van der Waals surface area contributed by atoms with Crippen molar-refractivity contribution in [3.63, 3.8) is 0 Å². The van der Waals surface area contributed by atoms with Crippen LogP contribution in [0.3, 0.4) is 0 Å². The van der Waals surface area contributed by atoms with Crippen LogP contribution in [0.1, 0.15) is 36.0 Å². The second-order valence-corrected chi connectivity index (χ2v) is 5.96. The molecule has 0 N–H and O–H groups in total. The van der Waals surface area contributed by atoms with E-state index in [2.05, 4.69) is 27.2 Å². The Morgan fingerprint density at radius 1 is 1.15 bits per heavy atom. The summed E-state index contributed by atoms with van der Waals surface area (Å²) >= 11 is 0. The fourth-order valence-electron chi connectivity index (χ4n) is 3.51. The molecule has 3 saturated heterocycles. The molecule has 3 aliphatic heterocycles. The third kappa shape index (κ3) is 2.24. The lowest BCUT2D eigenvalue weighted by atomic mass is 9.79. The van der Waals surface area contributed by atoms with Crippen LogP contribution in [-0.4, -0.2) is 34.7 Å². The largest absolute Gasteiger partial charge is 0.339 e. The first kappa shape index (κ1) is 12.1. The molecular weight excluding hydrogens is 250 g/mol. The zero-order chi connectivity index (χ0) is 13.4. The van der Waals surface area contributed by atoms with E-state index in [4.69, 9.17) is 4.52 Å². The quantitative estimate of drug-likeness (QED) is 0.858. The van der Waals surface area contributed by atoms with E-state index >= 15 is 0 Å². The number of hydrogen-bond acceptors (Lipinski definition) is 4. The molecule has 2 bridgehead atoms. The fraction of sp³-hybridized carbons (Fsp3) is 0.500. The average molecular weight is 269 g/mol. The maximum Gasteiger partial charge on any atom is 0.231 e. The molecule has 20 heavy (non-hydrogen) atoms. The molecule has 4 heterocycles. The lowest BCUT2D eigenvalue weighted by Crippen LogP contribution is -2.46. The Bertz CT molecular complexity index is 572. The number of rotatable bonds is 3. The summed E-state index contributed by atoms with van der Waals surface area (Å²) in [6, 6.07) is 10.3. The van der Waals surface area contributed by atoms with Gasteiger partial charge in [0.1, 0.15) is 0 Å². The van der Waals surface area contributed by atoms with Gasteiger partial charge in [-0.2, -0.15) is 4.98 Å². The third-order valence-corrected chi connectivity index (χ3v) is 4.66. The molecule has 2 aromatic rings. The molecule has 4 nitrogen and oxygen atoms in total. The van der Waals surface area contributed by atoms with Gasteiger partial charge in [-0.3, -0.25) is 0 Å². The SMILES string of the molecule is c1ccc(Cc2noc(C3CN4CCC3CC4)n2)cc1. The molecule has 0 spiro atoms. The highest BCUT2D eigenvalue weighted by molar-refractivity contribution is 5.18. The Morgan fingerprint density at radius 2 is 1.95 bits per heavy atom. The lowest BCUT2D eigenvalue weighted by Gasteiger charge is -2.43. The molecule has 1 aromatic heterocycles. The highest BCUT2D eigenvalue weighted by Gasteiger charge is 2.38. The molecule has 1 atom stereocenters. The molecule has 104 valence electrons. The predicted octanol–water partition coefficient (Wildman–Crippen LogP) is 2.47. The van der Waals surface area contributed by atoms with Crippen molar-refractivity contribution in [2.24, 2.45) is 5.92 Å². The molecule has 1 aromatic carbocycles. The van der Waals surface area contributed by atoms with Crippen LogP contribution in [0, 0.1) is 5.92 Å². The number of nitrogens with zero attached hydrogens (tertiary/aromatic N) is 3. The van der Waals surface area contributed by atoms with E-state index in [1.54, 1.807) is 0 Å². The minimum Gasteiger partial charge on any atom is -0.339 e. The van der Waals surface area contributed by atoms with E-state index < -0.39 is 0 Å². The summed E-state index contributed by atoms with van der Waals surface area (Å²) in [6.45, 7) is 3.58. The lowest BCUT2D eigenvalue weighted by molar-refractivity contribution is 0.0727. The van der Waals surface area contributed by atoms with Crippen molar-refractivity contribution in [3.8, 4) is 0 Å². The van der Waals surface area contributed by atoms with E-state index in [0.717, 1.165) is 30.6 Å². The van der Waals surface area contributed by atoms with Crippen LogP contribution < -0.4 is 0 Å². The number of piperidine rings is 3. The number of aromatic nitrogens is 2. The van der Waals surface area contributed by atoms with Crippen molar-refractivity contribution in [3.05, 3.63) is 47.6 Å². The minimum atomic E-state index is 0.453. The summed E-state index contributed by atoms with van der Waals surface area (Å²) in [6.07, 6.45) is 3.31. The van der Waals surface area contributed by atoms with Gasteiger partial charge < -0.3 is 9.42 Å². The average Bonchev–Trinajstić information content (AvgIpc) is 2.98. The van der Waals surface area contributed by atoms with Gasteiger partial charge in [0.2, 0.25) is 5.89 Å². The Morgan fingerprint density at radius 3 is 2.65 bits per heavy atom. The van der Waals surface area contributed by atoms with Gasteiger partial charge in [-0.15, -0.1) is 0 Å². The standard InChI is InChI=1S/C16H19N3O/c1-2-4-12(5-3-1)10-15-17-16(20-18-15)14-11-19-8-6-13(14)7-9-19/h1-5,13-14H,6-11H2. The summed E-state index contributed by atoms with van der Waals surface area (Å²) in [7, 11) is 0. The Kier molecular flexibility index (Phi) is 3.03. The van der Waals surface area contributed by atoms with E-state index in [1.807, 2.05) is 18.2 Å². The highest BCUT2D eigenvalue weighted by Crippen LogP contribution is 2.38. The molecule has 0 radical (unpaired) electrons. The summed E-state index contributed by atoms with van der Waals surface area (Å²) in [5.41, 5.74) is 1.23. The Labute approximate surface area is 118 Å². The molecule has 5 rings (SSSR count). The zero-order valence-corrected chi connectivity index (χ0v) is 11.5. The van der Waals surface area contributed by atoms with Gasteiger partial charge in [0.05, 0.1) is 5.92 Å². The van der Waals surface area contributed by atoms with Crippen molar-refractivity contribution < 1.29 is 4.52 Å². The summed E-state index contributed by atoms with van der Waals surface area (Å²) in [5, 5.41) is 4.17. The molecule has 3 fully saturated rings. The monoisotopic (exact) mass is 269 g/mol. The summed E-state index contributed by atoms with van der Waals surface area (Å²) in [5.74, 6) is 2.85. The van der Waals surface area contributed by atoms with Crippen molar-refractivity contribution in [1.82, 2.24) is 15.0 Å². The summed E-state index contributed by atoms with van der Waals surface area (Å²) in [4.78, 5) is 7.16. The minimum absolute atomic E-state index is 0.453. The number of benzene rings is 1. The molecule has 0 aliphatic carbocycles. The van der Waals surface area contributed by atoms with Crippen LogP contribution in [0.4, 0.5) is 0 Å². The highest BCUT2D eigenvalue weighted by atomic mass is 16.5. The van der Waals surface area contributed by atoms with E-state index in [1.165, 1.54) is 31.5 Å². The second-order valence-electron chi connectivity index (χ2n) is 5.96. The topological polar surface area (TPSA) is 42.2 Å². The van der Waals surface area contributed by atoms with E-state index in [-0.39, 0.29) is 0 Å². The normalized spacial score (nSPS) is 28.7. The van der Waals surface area contributed by atoms with Crippen molar-refractivity contribution in [1.29, 1.82) is 0 Å². The van der Waals surface area contributed by atoms with Crippen LogP contribution in [0.2, 0.25) is 0 Å². The first-order chi connectivity index (χ1) is 9.88. The van der Waals surface area contributed by atoms with Crippen molar-refractivity contribution in [2.45, 2.75) is 25.2 Å². The van der Waals surface area contributed by atoms with Gasteiger partial charge in [-0.1, -0.05) is 35.5 Å². The maximum absolute atomic E-state index is 5.54. The van der Waals surface area contributed by atoms with Gasteiger partial charge in [0.25, 0.3) is 0 Å². The van der Waals surface area contributed by atoms with Crippen molar-refractivity contribution in [2.75, 3.05) is 19.6 Å².